The van der Waals surface area contributed by atoms with Crippen LogP contribution in [0.3, 0.4) is 0 Å². The highest BCUT2D eigenvalue weighted by atomic mass is 16.1. The molecule has 0 aliphatic rings. The van der Waals surface area contributed by atoms with Crippen LogP contribution in [0.5, 0.6) is 0 Å². The topological polar surface area (TPSA) is 60.1 Å². The van der Waals surface area contributed by atoms with Crippen LogP contribution in [0.25, 0.3) is 0 Å². The fourth-order valence-corrected chi connectivity index (χ4v) is 2.18. The number of aromatic nitrogens is 1. The lowest BCUT2D eigenvalue weighted by Gasteiger charge is -2.13. The van der Waals surface area contributed by atoms with E-state index in [-0.39, 0.29) is 11.9 Å². The van der Waals surface area contributed by atoms with Crippen LogP contribution in [0, 0.1) is 6.92 Å². The van der Waals surface area contributed by atoms with Gasteiger partial charge in [0.05, 0.1) is 5.69 Å². The van der Waals surface area contributed by atoms with Crippen molar-refractivity contribution in [2.24, 2.45) is 0 Å². The maximum absolute atomic E-state index is 12.3. The van der Waals surface area contributed by atoms with Gasteiger partial charge in [-0.3, -0.25) is 4.79 Å². The molecule has 4 nitrogen and oxygen atoms in total. The van der Waals surface area contributed by atoms with E-state index in [1.807, 2.05) is 49.6 Å². The third-order valence-electron chi connectivity index (χ3n) is 3.36. The molecule has 1 heterocycles. The average Bonchev–Trinajstić information content (AvgIpc) is 2.80. The Balaban J connectivity index is 2.11. The van der Waals surface area contributed by atoms with Gasteiger partial charge in [-0.15, -0.1) is 0 Å². The maximum atomic E-state index is 12.3. The molecule has 1 aromatic heterocycles. The lowest BCUT2D eigenvalue weighted by atomic mass is 10.1. The van der Waals surface area contributed by atoms with Gasteiger partial charge in [-0.25, -0.2) is 0 Å². The zero-order valence-electron chi connectivity index (χ0n) is 12.2. The van der Waals surface area contributed by atoms with Crippen molar-refractivity contribution in [3.8, 4) is 0 Å². The Kier molecular flexibility index (Phi) is 4.13. The van der Waals surface area contributed by atoms with Gasteiger partial charge in [0.15, 0.2) is 0 Å². The Morgan fingerprint density at radius 3 is 2.70 bits per heavy atom. The molecule has 2 aromatic rings. The van der Waals surface area contributed by atoms with Crippen LogP contribution in [0.15, 0.2) is 36.5 Å². The number of nitrogen functional groups attached to an aromatic ring is 1. The number of aryl methyl sites for hydroxylation is 1. The van der Waals surface area contributed by atoms with Crippen LogP contribution >= 0.6 is 0 Å². The highest BCUT2D eigenvalue weighted by Gasteiger charge is 2.14. The van der Waals surface area contributed by atoms with Crippen molar-refractivity contribution in [1.29, 1.82) is 0 Å². The molecule has 20 heavy (non-hydrogen) atoms. The molecule has 2 rings (SSSR count). The van der Waals surface area contributed by atoms with E-state index in [2.05, 4.69) is 5.32 Å². The lowest BCUT2D eigenvalue weighted by molar-refractivity contribution is 0.0940. The normalized spacial score (nSPS) is 10.8. The van der Waals surface area contributed by atoms with E-state index >= 15 is 0 Å². The summed E-state index contributed by atoms with van der Waals surface area (Å²) in [6.07, 6.45) is 1.80. The molecule has 0 fully saturated rings. The van der Waals surface area contributed by atoms with Gasteiger partial charge in [0.1, 0.15) is 5.69 Å². The minimum Gasteiger partial charge on any atom is -0.397 e. The molecule has 106 valence electrons. The Morgan fingerprint density at radius 1 is 1.35 bits per heavy atom. The molecular formula is C16H21N3O. The summed E-state index contributed by atoms with van der Waals surface area (Å²) in [7, 11) is 0. The molecule has 4 heteroatoms. The third-order valence-corrected chi connectivity index (χ3v) is 3.36. The van der Waals surface area contributed by atoms with Crippen LogP contribution in [-0.4, -0.2) is 10.5 Å². The van der Waals surface area contributed by atoms with Gasteiger partial charge in [-0.05, 0) is 38.0 Å². The number of hydrogen-bond donors (Lipinski definition) is 2. The van der Waals surface area contributed by atoms with Gasteiger partial charge in [-0.1, -0.05) is 24.3 Å². The summed E-state index contributed by atoms with van der Waals surface area (Å²) in [6.45, 7) is 6.61. The minimum atomic E-state index is -0.0985. The van der Waals surface area contributed by atoms with Gasteiger partial charge in [0.25, 0.3) is 5.91 Å². The number of carbonyl (C=O) groups is 1. The van der Waals surface area contributed by atoms with E-state index in [0.29, 0.717) is 17.9 Å². The quantitative estimate of drug-likeness (QED) is 0.898. The molecule has 1 aromatic carbocycles. The number of nitrogens with two attached hydrogens (primary N) is 1. The highest BCUT2D eigenvalue weighted by Crippen LogP contribution is 2.16. The second-order valence-electron chi connectivity index (χ2n) is 5.27. The molecule has 1 amide bonds. The minimum absolute atomic E-state index is 0.0985. The zero-order chi connectivity index (χ0) is 14.7. The number of carbonyl (C=O) groups excluding carboxylic acids is 1. The number of benzene rings is 1. The molecule has 0 unspecified atom stereocenters. The van der Waals surface area contributed by atoms with Crippen molar-refractivity contribution in [1.82, 2.24) is 9.88 Å². The van der Waals surface area contributed by atoms with Crippen LogP contribution in [-0.2, 0) is 6.54 Å². The van der Waals surface area contributed by atoms with Crippen LogP contribution < -0.4 is 11.1 Å². The molecule has 0 bridgehead atoms. The van der Waals surface area contributed by atoms with E-state index in [1.165, 1.54) is 5.56 Å². The standard InChI is InChI=1S/C16H21N3O/c1-11(2)19-10-14(17)8-15(19)16(20)18-9-13-7-5-4-6-12(13)3/h4-8,10-11H,9,17H2,1-3H3,(H,18,20). The largest absolute Gasteiger partial charge is 0.397 e. The molecule has 0 saturated heterocycles. The summed E-state index contributed by atoms with van der Waals surface area (Å²) < 4.78 is 1.89. The van der Waals surface area contributed by atoms with Crippen molar-refractivity contribution >= 4 is 11.6 Å². The number of anilines is 1. The third kappa shape index (κ3) is 3.02. The van der Waals surface area contributed by atoms with Gasteiger partial charge in [0, 0.05) is 18.8 Å². The van der Waals surface area contributed by atoms with Gasteiger partial charge in [0.2, 0.25) is 0 Å². The number of nitrogens with one attached hydrogen (secondary N) is 1. The predicted molar refractivity (Wildman–Crippen MR) is 81.6 cm³/mol. The maximum Gasteiger partial charge on any atom is 0.268 e. The summed E-state index contributed by atoms with van der Waals surface area (Å²) in [5, 5.41) is 2.95. The Bertz CT molecular complexity index is 614. The fourth-order valence-electron chi connectivity index (χ4n) is 2.18. The molecule has 0 aliphatic heterocycles. The highest BCUT2D eigenvalue weighted by molar-refractivity contribution is 5.93. The van der Waals surface area contributed by atoms with E-state index in [1.54, 1.807) is 12.3 Å². The average molecular weight is 271 g/mol. The smallest absolute Gasteiger partial charge is 0.268 e. The van der Waals surface area contributed by atoms with Crippen molar-refractivity contribution in [2.45, 2.75) is 33.4 Å². The van der Waals surface area contributed by atoms with E-state index < -0.39 is 0 Å². The van der Waals surface area contributed by atoms with Gasteiger partial charge >= 0.3 is 0 Å². The van der Waals surface area contributed by atoms with Crippen molar-refractivity contribution in [3.63, 3.8) is 0 Å². The zero-order valence-corrected chi connectivity index (χ0v) is 12.2. The number of hydrogen-bond acceptors (Lipinski definition) is 2. The second kappa shape index (κ2) is 5.82. The number of amides is 1. The van der Waals surface area contributed by atoms with E-state index in [0.717, 1.165) is 5.56 Å². The first-order valence-corrected chi connectivity index (χ1v) is 6.79. The first kappa shape index (κ1) is 14.2. The first-order chi connectivity index (χ1) is 9.49. The molecule has 0 atom stereocenters. The van der Waals surface area contributed by atoms with E-state index in [4.69, 9.17) is 5.73 Å². The van der Waals surface area contributed by atoms with Gasteiger partial charge in [-0.2, -0.15) is 0 Å². The summed E-state index contributed by atoms with van der Waals surface area (Å²) in [5.74, 6) is -0.0985. The molecule has 0 aliphatic carbocycles. The number of rotatable bonds is 4. The summed E-state index contributed by atoms with van der Waals surface area (Å²) in [5.41, 5.74) is 9.29. The lowest BCUT2D eigenvalue weighted by Crippen LogP contribution is -2.26. The molecule has 0 radical (unpaired) electrons. The summed E-state index contributed by atoms with van der Waals surface area (Å²) >= 11 is 0. The first-order valence-electron chi connectivity index (χ1n) is 6.79. The molecule has 0 spiro atoms. The summed E-state index contributed by atoms with van der Waals surface area (Å²) in [4.78, 5) is 12.3. The van der Waals surface area contributed by atoms with Gasteiger partial charge < -0.3 is 15.6 Å². The van der Waals surface area contributed by atoms with Crippen LogP contribution in [0.2, 0.25) is 0 Å². The predicted octanol–water partition coefficient (Wildman–Crippen LogP) is 2.89. The Labute approximate surface area is 119 Å². The fraction of sp³-hybridized carbons (Fsp3) is 0.312. The SMILES string of the molecule is Cc1ccccc1CNC(=O)c1cc(N)cn1C(C)C. The van der Waals surface area contributed by atoms with Crippen LogP contribution in [0.1, 0.15) is 41.5 Å². The Hall–Kier alpha value is -2.23. The molecular weight excluding hydrogens is 250 g/mol. The monoisotopic (exact) mass is 271 g/mol. The van der Waals surface area contributed by atoms with Crippen molar-refractivity contribution in [3.05, 3.63) is 53.3 Å². The van der Waals surface area contributed by atoms with Crippen LogP contribution in [0.4, 0.5) is 5.69 Å². The number of nitrogens with zero attached hydrogens (tertiary/aromatic N) is 1. The second-order valence-corrected chi connectivity index (χ2v) is 5.27. The summed E-state index contributed by atoms with van der Waals surface area (Å²) in [6, 6.07) is 9.94. The van der Waals surface area contributed by atoms with E-state index in [9.17, 15) is 4.79 Å². The van der Waals surface area contributed by atoms with Crippen molar-refractivity contribution in [2.75, 3.05) is 5.73 Å². The van der Waals surface area contributed by atoms with Crippen molar-refractivity contribution < 1.29 is 4.79 Å². The molecule has 3 N–H and O–H groups in total. The molecule has 0 saturated carbocycles. The Morgan fingerprint density at radius 2 is 2.05 bits per heavy atom.